The molecule has 0 saturated carbocycles. The van der Waals surface area contributed by atoms with E-state index in [9.17, 15) is 15.0 Å². The summed E-state index contributed by atoms with van der Waals surface area (Å²) in [6.07, 6.45) is -0.258. The fourth-order valence-electron chi connectivity index (χ4n) is 2.49. The van der Waals surface area contributed by atoms with Crippen LogP contribution in [0.4, 0.5) is 11.4 Å². The minimum atomic E-state index is -0.672. The third kappa shape index (κ3) is 4.17. The first-order valence-corrected chi connectivity index (χ1v) is 7.21. The summed E-state index contributed by atoms with van der Waals surface area (Å²) < 4.78 is 0. The molecule has 21 heavy (non-hydrogen) atoms. The van der Waals surface area contributed by atoms with E-state index in [1.807, 2.05) is 24.0 Å². The van der Waals surface area contributed by atoms with Crippen molar-refractivity contribution in [3.63, 3.8) is 0 Å². The lowest BCUT2D eigenvalue weighted by molar-refractivity contribution is -0.116. The van der Waals surface area contributed by atoms with E-state index in [1.54, 1.807) is 6.07 Å². The third-order valence-electron chi connectivity index (χ3n) is 3.86. The Morgan fingerprint density at radius 3 is 2.71 bits per heavy atom. The molecule has 1 heterocycles. The Morgan fingerprint density at radius 2 is 2.05 bits per heavy atom. The molecule has 1 fully saturated rings. The summed E-state index contributed by atoms with van der Waals surface area (Å²) >= 11 is 0. The van der Waals surface area contributed by atoms with Crippen molar-refractivity contribution in [1.82, 2.24) is 4.90 Å². The minimum Gasteiger partial charge on any atom is -0.398 e. The zero-order valence-corrected chi connectivity index (χ0v) is 12.2. The maximum Gasteiger partial charge on any atom is 0.224 e. The maximum atomic E-state index is 11.9. The molecular formula is C15H23N3O3. The predicted molar refractivity (Wildman–Crippen MR) is 81.9 cm³/mol. The second-order valence-corrected chi connectivity index (χ2v) is 5.57. The molecule has 2 unspecified atom stereocenters. The van der Waals surface area contributed by atoms with E-state index < -0.39 is 12.2 Å². The van der Waals surface area contributed by atoms with Crippen LogP contribution in [0.15, 0.2) is 18.2 Å². The molecule has 1 aliphatic rings. The SMILES string of the molecule is Cc1c(N)cccc1NC(=O)CCCN1CC(O)C(O)C1. The number of carbonyl (C=O) groups is 1. The van der Waals surface area contributed by atoms with Gasteiger partial charge < -0.3 is 21.3 Å². The summed E-state index contributed by atoms with van der Waals surface area (Å²) in [5.74, 6) is -0.0519. The first-order chi connectivity index (χ1) is 9.97. The van der Waals surface area contributed by atoms with Crippen LogP contribution in [-0.2, 0) is 4.79 Å². The third-order valence-corrected chi connectivity index (χ3v) is 3.86. The number of hydrogen-bond donors (Lipinski definition) is 4. The molecule has 2 rings (SSSR count). The van der Waals surface area contributed by atoms with Crippen LogP contribution < -0.4 is 11.1 Å². The summed E-state index contributed by atoms with van der Waals surface area (Å²) in [5, 5.41) is 21.7. The highest BCUT2D eigenvalue weighted by atomic mass is 16.3. The second-order valence-electron chi connectivity index (χ2n) is 5.57. The largest absolute Gasteiger partial charge is 0.398 e. The highest BCUT2D eigenvalue weighted by Crippen LogP contribution is 2.20. The Hall–Kier alpha value is -1.63. The summed E-state index contributed by atoms with van der Waals surface area (Å²) in [6, 6.07) is 5.44. The van der Waals surface area contributed by atoms with Crippen molar-refractivity contribution in [2.75, 3.05) is 30.7 Å². The van der Waals surface area contributed by atoms with Gasteiger partial charge in [0, 0.05) is 30.9 Å². The maximum absolute atomic E-state index is 11.9. The number of nitrogens with two attached hydrogens (primary N) is 1. The van der Waals surface area contributed by atoms with E-state index in [0.717, 1.165) is 11.3 Å². The molecule has 1 aromatic carbocycles. The molecule has 1 amide bonds. The summed E-state index contributed by atoms with van der Waals surface area (Å²) in [4.78, 5) is 13.9. The highest BCUT2D eigenvalue weighted by molar-refractivity contribution is 5.92. The van der Waals surface area contributed by atoms with Crippen LogP contribution in [0.25, 0.3) is 0 Å². The number of hydrogen-bond acceptors (Lipinski definition) is 5. The molecule has 0 radical (unpaired) electrons. The molecule has 116 valence electrons. The van der Waals surface area contributed by atoms with Crippen LogP contribution in [0, 0.1) is 6.92 Å². The lowest BCUT2D eigenvalue weighted by Crippen LogP contribution is -2.24. The number of benzene rings is 1. The van der Waals surface area contributed by atoms with Gasteiger partial charge >= 0.3 is 0 Å². The quantitative estimate of drug-likeness (QED) is 0.587. The molecule has 0 bridgehead atoms. The molecule has 1 aromatic rings. The number of aliphatic hydroxyl groups is 2. The van der Waals surface area contributed by atoms with Gasteiger partial charge in [0.2, 0.25) is 5.91 Å². The van der Waals surface area contributed by atoms with Crippen LogP contribution in [-0.4, -0.2) is 52.9 Å². The summed E-state index contributed by atoms with van der Waals surface area (Å²) in [6.45, 7) is 3.50. The Labute approximate surface area is 124 Å². The van der Waals surface area contributed by atoms with Crippen molar-refractivity contribution in [3.8, 4) is 0 Å². The van der Waals surface area contributed by atoms with Gasteiger partial charge in [0.1, 0.15) is 0 Å². The van der Waals surface area contributed by atoms with E-state index in [2.05, 4.69) is 5.32 Å². The number of anilines is 2. The molecule has 6 nitrogen and oxygen atoms in total. The lowest BCUT2D eigenvalue weighted by Gasteiger charge is -2.14. The number of amides is 1. The number of aliphatic hydroxyl groups excluding tert-OH is 2. The lowest BCUT2D eigenvalue weighted by atomic mass is 10.1. The second kappa shape index (κ2) is 6.89. The number of nitrogens with zero attached hydrogens (tertiary/aromatic N) is 1. The fraction of sp³-hybridized carbons (Fsp3) is 0.533. The fourth-order valence-corrected chi connectivity index (χ4v) is 2.49. The zero-order valence-electron chi connectivity index (χ0n) is 12.2. The number of likely N-dealkylation sites (tertiary alicyclic amines) is 1. The number of nitrogen functional groups attached to an aromatic ring is 1. The monoisotopic (exact) mass is 293 g/mol. The number of nitrogens with one attached hydrogen (secondary N) is 1. The van der Waals surface area contributed by atoms with E-state index in [4.69, 9.17) is 5.73 Å². The van der Waals surface area contributed by atoms with Gasteiger partial charge in [-0.05, 0) is 37.6 Å². The van der Waals surface area contributed by atoms with Gasteiger partial charge in [0.15, 0.2) is 0 Å². The Bertz CT molecular complexity index is 497. The zero-order chi connectivity index (χ0) is 15.4. The topological polar surface area (TPSA) is 98.8 Å². The average molecular weight is 293 g/mol. The standard InChI is InChI=1S/C15H23N3O3/c1-10-11(16)4-2-5-12(10)17-15(21)6-3-7-18-8-13(19)14(20)9-18/h2,4-5,13-14,19-20H,3,6-9,16H2,1H3,(H,17,21). The molecule has 0 aliphatic carbocycles. The molecule has 1 saturated heterocycles. The first-order valence-electron chi connectivity index (χ1n) is 7.21. The van der Waals surface area contributed by atoms with Crippen LogP contribution >= 0.6 is 0 Å². The average Bonchev–Trinajstić information content (AvgIpc) is 2.74. The van der Waals surface area contributed by atoms with Crippen molar-refractivity contribution < 1.29 is 15.0 Å². The first kappa shape index (κ1) is 15.8. The molecule has 2 atom stereocenters. The Balaban J connectivity index is 1.74. The normalized spacial score (nSPS) is 22.4. The molecule has 1 aliphatic heterocycles. The Kier molecular flexibility index (Phi) is 5.17. The molecule has 6 heteroatoms. The molecule has 0 aromatic heterocycles. The van der Waals surface area contributed by atoms with Gasteiger partial charge in [0.05, 0.1) is 12.2 Å². The predicted octanol–water partition coefficient (Wildman–Crippen LogP) is 0.333. The summed E-state index contributed by atoms with van der Waals surface area (Å²) in [7, 11) is 0. The molecule has 5 N–H and O–H groups in total. The van der Waals surface area contributed by atoms with E-state index >= 15 is 0 Å². The van der Waals surface area contributed by atoms with E-state index in [1.165, 1.54) is 0 Å². The van der Waals surface area contributed by atoms with Crippen LogP contribution in [0.5, 0.6) is 0 Å². The van der Waals surface area contributed by atoms with E-state index in [0.29, 0.717) is 38.2 Å². The number of β-amino-alcohol motifs (C(OH)–C–C–N with tert-alkyl or cyclic N) is 2. The van der Waals surface area contributed by atoms with Crippen molar-refractivity contribution in [3.05, 3.63) is 23.8 Å². The van der Waals surface area contributed by atoms with Gasteiger partial charge in [-0.1, -0.05) is 6.07 Å². The van der Waals surface area contributed by atoms with Crippen LogP contribution in [0.2, 0.25) is 0 Å². The number of rotatable bonds is 5. The minimum absolute atomic E-state index is 0.0519. The van der Waals surface area contributed by atoms with Crippen LogP contribution in [0.3, 0.4) is 0 Å². The van der Waals surface area contributed by atoms with E-state index in [-0.39, 0.29) is 5.91 Å². The van der Waals surface area contributed by atoms with Gasteiger partial charge in [-0.15, -0.1) is 0 Å². The summed E-state index contributed by atoms with van der Waals surface area (Å²) in [5.41, 5.74) is 8.07. The van der Waals surface area contributed by atoms with Gasteiger partial charge in [0.25, 0.3) is 0 Å². The van der Waals surface area contributed by atoms with Gasteiger partial charge in [-0.25, -0.2) is 0 Å². The van der Waals surface area contributed by atoms with Crippen molar-refractivity contribution in [2.24, 2.45) is 0 Å². The smallest absolute Gasteiger partial charge is 0.224 e. The highest BCUT2D eigenvalue weighted by Gasteiger charge is 2.28. The molecular weight excluding hydrogens is 270 g/mol. The number of carbonyl (C=O) groups excluding carboxylic acids is 1. The van der Waals surface area contributed by atoms with Crippen molar-refractivity contribution >= 4 is 17.3 Å². The Morgan fingerprint density at radius 1 is 1.38 bits per heavy atom. The van der Waals surface area contributed by atoms with Gasteiger partial charge in [-0.2, -0.15) is 0 Å². The van der Waals surface area contributed by atoms with Crippen molar-refractivity contribution in [1.29, 1.82) is 0 Å². The van der Waals surface area contributed by atoms with Gasteiger partial charge in [-0.3, -0.25) is 9.69 Å². The van der Waals surface area contributed by atoms with Crippen molar-refractivity contribution in [2.45, 2.75) is 32.0 Å². The van der Waals surface area contributed by atoms with Crippen LogP contribution in [0.1, 0.15) is 18.4 Å². The molecule has 0 spiro atoms.